The summed E-state index contributed by atoms with van der Waals surface area (Å²) in [6, 6.07) is 13.8. The fraction of sp³-hybridized carbons (Fsp3) is 0.409. The zero-order valence-electron chi connectivity index (χ0n) is 16.9. The summed E-state index contributed by atoms with van der Waals surface area (Å²) in [7, 11) is -3.50. The largest absolute Gasteiger partial charge is 0.481 e. The van der Waals surface area contributed by atoms with Crippen LogP contribution in [-0.2, 0) is 14.8 Å². The van der Waals surface area contributed by atoms with E-state index < -0.39 is 16.1 Å². The number of ether oxygens (including phenoxy) is 1. The Morgan fingerprint density at radius 1 is 0.966 bits per heavy atom. The summed E-state index contributed by atoms with van der Waals surface area (Å²) >= 11 is 0. The van der Waals surface area contributed by atoms with E-state index in [0.717, 1.165) is 31.2 Å². The number of sulfonamides is 1. The molecule has 1 aliphatic heterocycles. The second-order valence-corrected chi connectivity index (χ2v) is 9.34. The van der Waals surface area contributed by atoms with Crippen molar-refractivity contribution in [3.63, 3.8) is 0 Å². The summed E-state index contributed by atoms with van der Waals surface area (Å²) in [5, 5.41) is 2.77. The number of aryl methyl sites for hydroxylation is 1. The van der Waals surface area contributed by atoms with Crippen molar-refractivity contribution in [2.75, 3.05) is 18.4 Å². The molecular weight excluding hydrogens is 388 g/mol. The smallest absolute Gasteiger partial charge is 0.265 e. The van der Waals surface area contributed by atoms with Crippen LogP contribution in [0.2, 0.25) is 0 Å². The third-order valence-corrected chi connectivity index (χ3v) is 6.94. The number of anilines is 1. The number of amides is 1. The van der Waals surface area contributed by atoms with Crippen molar-refractivity contribution in [2.24, 2.45) is 0 Å². The van der Waals surface area contributed by atoms with Gasteiger partial charge in [-0.1, -0.05) is 30.5 Å². The van der Waals surface area contributed by atoms with Crippen molar-refractivity contribution >= 4 is 21.6 Å². The topological polar surface area (TPSA) is 75.7 Å². The summed E-state index contributed by atoms with van der Waals surface area (Å²) in [6.07, 6.45) is 3.25. The number of nitrogens with zero attached hydrogens (tertiary/aromatic N) is 1. The molecule has 1 aliphatic rings. The highest BCUT2D eigenvalue weighted by molar-refractivity contribution is 7.89. The Morgan fingerprint density at radius 2 is 1.55 bits per heavy atom. The molecule has 1 amide bonds. The molecule has 0 aromatic heterocycles. The number of carbonyl (C=O) groups is 1. The van der Waals surface area contributed by atoms with Crippen molar-refractivity contribution < 1.29 is 17.9 Å². The van der Waals surface area contributed by atoms with Crippen LogP contribution >= 0.6 is 0 Å². The normalized spacial score (nSPS) is 16.6. The fourth-order valence-electron chi connectivity index (χ4n) is 3.26. The van der Waals surface area contributed by atoms with E-state index in [1.165, 1.54) is 0 Å². The summed E-state index contributed by atoms with van der Waals surface area (Å²) in [5.74, 6) is 0.325. The van der Waals surface area contributed by atoms with E-state index in [1.807, 2.05) is 31.2 Å². The van der Waals surface area contributed by atoms with Gasteiger partial charge in [-0.3, -0.25) is 4.79 Å². The lowest BCUT2D eigenvalue weighted by atomic mass is 10.2. The van der Waals surface area contributed by atoms with E-state index in [0.29, 0.717) is 24.5 Å². The van der Waals surface area contributed by atoms with E-state index >= 15 is 0 Å². The minimum Gasteiger partial charge on any atom is -0.481 e. The Balaban J connectivity index is 1.62. The van der Waals surface area contributed by atoms with Crippen LogP contribution in [0.1, 0.15) is 38.2 Å². The third-order valence-electron chi connectivity index (χ3n) is 5.03. The van der Waals surface area contributed by atoms with Gasteiger partial charge in [0.25, 0.3) is 5.91 Å². The lowest BCUT2D eigenvalue weighted by Gasteiger charge is -2.20. The van der Waals surface area contributed by atoms with Crippen molar-refractivity contribution in [3.05, 3.63) is 54.1 Å². The van der Waals surface area contributed by atoms with E-state index in [9.17, 15) is 13.2 Å². The number of nitrogens with one attached hydrogen (secondary N) is 1. The highest BCUT2D eigenvalue weighted by atomic mass is 32.2. The lowest BCUT2D eigenvalue weighted by molar-refractivity contribution is -0.122. The predicted molar refractivity (Wildman–Crippen MR) is 114 cm³/mol. The molecule has 1 fully saturated rings. The van der Waals surface area contributed by atoms with Gasteiger partial charge in [0.2, 0.25) is 10.0 Å². The maximum absolute atomic E-state index is 12.8. The molecule has 1 unspecified atom stereocenters. The van der Waals surface area contributed by atoms with Gasteiger partial charge in [0, 0.05) is 18.8 Å². The Morgan fingerprint density at radius 3 is 2.14 bits per heavy atom. The van der Waals surface area contributed by atoms with Gasteiger partial charge in [-0.2, -0.15) is 4.31 Å². The second-order valence-electron chi connectivity index (χ2n) is 7.41. The number of hydrogen-bond acceptors (Lipinski definition) is 4. The van der Waals surface area contributed by atoms with Crippen LogP contribution < -0.4 is 10.1 Å². The first-order valence-corrected chi connectivity index (χ1v) is 11.4. The zero-order chi connectivity index (χ0) is 20.9. The lowest BCUT2D eigenvalue weighted by Crippen LogP contribution is -2.32. The summed E-state index contributed by atoms with van der Waals surface area (Å²) in [4.78, 5) is 12.6. The summed E-state index contributed by atoms with van der Waals surface area (Å²) < 4.78 is 32.9. The van der Waals surface area contributed by atoms with Crippen LogP contribution in [0.15, 0.2) is 53.4 Å². The minimum absolute atomic E-state index is 0.251. The molecule has 29 heavy (non-hydrogen) atoms. The van der Waals surface area contributed by atoms with E-state index in [1.54, 1.807) is 35.5 Å². The van der Waals surface area contributed by atoms with E-state index in [4.69, 9.17) is 4.74 Å². The summed E-state index contributed by atoms with van der Waals surface area (Å²) in [5.41, 5.74) is 1.65. The molecule has 1 heterocycles. The number of hydrogen-bond donors (Lipinski definition) is 1. The Kier molecular flexibility index (Phi) is 6.92. The first-order chi connectivity index (χ1) is 13.9. The van der Waals surface area contributed by atoms with Crippen molar-refractivity contribution in [2.45, 2.75) is 50.5 Å². The van der Waals surface area contributed by atoms with Crippen LogP contribution in [0, 0.1) is 6.92 Å². The Labute approximate surface area is 172 Å². The van der Waals surface area contributed by atoms with Crippen LogP contribution in [0.3, 0.4) is 0 Å². The van der Waals surface area contributed by atoms with Crippen molar-refractivity contribution in [1.82, 2.24) is 4.31 Å². The second kappa shape index (κ2) is 9.41. The van der Waals surface area contributed by atoms with E-state index in [-0.39, 0.29) is 10.8 Å². The first-order valence-electron chi connectivity index (χ1n) is 10.0. The monoisotopic (exact) mass is 416 g/mol. The number of carbonyl (C=O) groups excluding carboxylic acids is 1. The number of benzene rings is 2. The molecule has 1 atom stereocenters. The SMILES string of the molecule is Cc1ccc(OC(C)C(=O)Nc2ccc(S(=O)(=O)N3CCCCCC3)cc2)cc1. The van der Waals surface area contributed by atoms with Gasteiger partial charge in [0.15, 0.2) is 6.10 Å². The number of rotatable bonds is 6. The van der Waals surface area contributed by atoms with Gasteiger partial charge in [-0.15, -0.1) is 0 Å². The molecule has 2 aromatic rings. The van der Waals surface area contributed by atoms with Crippen LogP contribution in [0.25, 0.3) is 0 Å². The molecule has 6 nitrogen and oxygen atoms in total. The molecule has 0 spiro atoms. The standard InChI is InChI=1S/C22H28N2O4S/c1-17-7-11-20(12-8-17)28-18(2)22(25)23-19-9-13-21(14-10-19)29(26,27)24-15-5-3-4-6-16-24/h7-14,18H,3-6,15-16H2,1-2H3,(H,23,25). The average molecular weight is 417 g/mol. The van der Waals surface area contributed by atoms with Gasteiger partial charge in [0.1, 0.15) is 5.75 Å². The minimum atomic E-state index is -3.50. The Hall–Kier alpha value is -2.38. The maximum Gasteiger partial charge on any atom is 0.265 e. The van der Waals surface area contributed by atoms with Gasteiger partial charge >= 0.3 is 0 Å². The molecule has 0 saturated carbocycles. The molecule has 0 radical (unpaired) electrons. The molecule has 7 heteroatoms. The van der Waals surface area contributed by atoms with Gasteiger partial charge in [0.05, 0.1) is 4.90 Å². The highest BCUT2D eigenvalue weighted by Gasteiger charge is 2.25. The van der Waals surface area contributed by atoms with Gasteiger partial charge in [-0.25, -0.2) is 8.42 Å². The molecular formula is C22H28N2O4S. The van der Waals surface area contributed by atoms with Crippen LogP contribution in [-0.4, -0.2) is 37.8 Å². The molecule has 3 rings (SSSR count). The van der Waals surface area contributed by atoms with E-state index in [2.05, 4.69) is 5.32 Å². The average Bonchev–Trinajstić information content (AvgIpc) is 3.00. The third kappa shape index (κ3) is 5.58. The fourth-order valence-corrected chi connectivity index (χ4v) is 4.78. The highest BCUT2D eigenvalue weighted by Crippen LogP contribution is 2.22. The van der Waals surface area contributed by atoms with Crippen LogP contribution in [0.5, 0.6) is 5.75 Å². The van der Waals surface area contributed by atoms with Gasteiger partial charge < -0.3 is 10.1 Å². The predicted octanol–water partition coefficient (Wildman–Crippen LogP) is 3.97. The van der Waals surface area contributed by atoms with Crippen molar-refractivity contribution in [3.8, 4) is 5.75 Å². The molecule has 0 aliphatic carbocycles. The first kappa shape index (κ1) is 21.3. The van der Waals surface area contributed by atoms with Crippen molar-refractivity contribution in [1.29, 1.82) is 0 Å². The molecule has 2 aromatic carbocycles. The molecule has 1 N–H and O–H groups in total. The zero-order valence-corrected chi connectivity index (χ0v) is 17.7. The van der Waals surface area contributed by atoms with Gasteiger partial charge in [-0.05, 0) is 63.1 Å². The molecule has 0 bridgehead atoms. The molecule has 1 saturated heterocycles. The van der Waals surface area contributed by atoms with Crippen LogP contribution in [0.4, 0.5) is 5.69 Å². The maximum atomic E-state index is 12.8. The quantitative estimate of drug-likeness (QED) is 0.773. The molecule has 156 valence electrons. The Bertz CT molecular complexity index is 916. The summed E-state index contributed by atoms with van der Waals surface area (Å²) in [6.45, 7) is 4.79.